The summed E-state index contributed by atoms with van der Waals surface area (Å²) in [5, 5.41) is 31.2. The van der Waals surface area contributed by atoms with Crippen LogP contribution in [-0.2, 0) is 0 Å². The molecule has 0 aliphatic heterocycles. The topological polar surface area (TPSA) is 113 Å². The van der Waals surface area contributed by atoms with Crippen LogP contribution < -0.4 is 5.32 Å². The molecule has 0 heterocycles. The van der Waals surface area contributed by atoms with Crippen molar-refractivity contribution >= 4 is 17.3 Å². The van der Waals surface area contributed by atoms with Crippen LogP contribution in [0.2, 0.25) is 0 Å². The standard InChI is InChI=1S/C12H16N2O5/c15-7-3-1-2-6-13-10-8-9(12(16)17)4-5-11(10)14(18)19/h4-5,8,13,15H,1-3,6-7H2,(H,16,17). The fourth-order valence-electron chi connectivity index (χ4n) is 1.61. The molecule has 0 radical (unpaired) electrons. The average molecular weight is 268 g/mol. The third-order valence-corrected chi connectivity index (χ3v) is 2.59. The maximum absolute atomic E-state index is 10.8. The number of unbranched alkanes of at least 4 members (excludes halogenated alkanes) is 2. The van der Waals surface area contributed by atoms with Crippen molar-refractivity contribution in [3.8, 4) is 0 Å². The summed E-state index contributed by atoms with van der Waals surface area (Å²) in [6.07, 6.45) is 2.23. The lowest BCUT2D eigenvalue weighted by atomic mass is 10.1. The van der Waals surface area contributed by atoms with Crippen LogP contribution in [0.4, 0.5) is 11.4 Å². The van der Waals surface area contributed by atoms with E-state index in [1.165, 1.54) is 18.2 Å². The first-order chi connectivity index (χ1) is 9.06. The van der Waals surface area contributed by atoms with Gasteiger partial charge < -0.3 is 15.5 Å². The largest absolute Gasteiger partial charge is 0.478 e. The number of carboxylic acids is 1. The number of nitrogens with zero attached hydrogens (tertiary/aromatic N) is 1. The molecule has 0 spiro atoms. The van der Waals surface area contributed by atoms with Crippen LogP contribution in [0.5, 0.6) is 0 Å². The van der Waals surface area contributed by atoms with E-state index in [0.29, 0.717) is 13.0 Å². The molecule has 3 N–H and O–H groups in total. The molecule has 0 aliphatic carbocycles. The third kappa shape index (κ3) is 4.55. The van der Waals surface area contributed by atoms with Gasteiger partial charge in [0.25, 0.3) is 5.69 Å². The second kappa shape index (κ2) is 7.32. The first-order valence-corrected chi connectivity index (χ1v) is 5.92. The Hall–Kier alpha value is -2.15. The first-order valence-electron chi connectivity index (χ1n) is 5.92. The van der Waals surface area contributed by atoms with Gasteiger partial charge in [0.1, 0.15) is 5.69 Å². The highest BCUT2D eigenvalue weighted by molar-refractivity contribution is 5.90. The fraction of sp³-hybridized carbons (Fsp3) is 0.417. The highest BCUT2D eigenvalue weighted by atomic mass is 16.6. The lowest BCUT2D eigenvalue weighted by Crippen LogP contribution is -2.06. The molecule has 1 aromatic carbocycles. The Morgan fingerprint density at radius 3 is 2.63 bits per heavy atom. The van der Waals surface area contributed by atoms with Crippen LogP contribution in [0.1, 0.15) is 29.6 Å². The number of benzene rings is 1. The molecule has 19 heavy (non-hydrogen) atoms. The number of aliphatic hydroxyl groups excluding tert-OH is 1. The molecule has 1 aromatic rings. The minimum atomic E-state index is -1.13. The molecule has 0 aliphatic rings. The molecule has 7 heteroatoms. The molecule has 104 valence electrons. The van der Waals surface area contributed by atoms with Crippen LogP contribution in [0.3, 0.4) is 0 Å². The number of anilines is 1. The molecule has 1 rings (SSSR count). The zero-order valence-electron chi connectivity index (χ0n) is 10.3. The van der Waals surface area contributed by atoms with E-state index < -0.39 is 10.9 Å². The summed E-state index contributed by atoms with van der Waals surface area (Å²) < 4.78 is 0. The van der Waals surface area contributed by atoms with Gasteiger partial charge in [0.05, 0.1) is 10.5 Å². The number of hydrogen-bond acceptors (Lipinski definition) is 5. The van der Waals surface area contributed by atoms with Crippen LogP contribution in [0, 0.1) is 10.1 Å². The van der Waals surface area contributed by atoms with E-state index in [-0.39, 0.29) is 23.5 Å². The molecule has 0 atom stereocenters. The van der Waals surface area contributed by atoms with Gasteiger partial charge in [-0.3, -0.25) is 10.1 Å². The zero-order chi connectivity index (χ0) is 14.3. The number of nitro groups is 1. The Morgan fingerprint density at radius 2 is 2.05 bits per heavy atom. The second-order valence-electron chi connectivity index (χ2n) is 4.01. The number of carboxylic acid groups (broad SMARTS) is 1. The number of nitro benzene ring substituents is 1. The van der Waals surface area contributed by atoms with E-state index in [2.05, 4.69) is 5.32 Å². The predicted molar refractivity (Wildman–Crippen MR) is 69.5 cm³/mol. The normalized spacial score (nSPS) is 10.2. The molecule has 0 amide bonds. The summed E-state index contributed by atoms with van der Waals surface area (Å²) in [5.74, 6) is -1.13. The number of rotatable bonds is 8. The number of nitrogens with one attached hydrogen (secondary N) is 1. The van der Waals surface area contributed by atoms with Gasteiger partial charge in [-0.05, 0) is 31.4 Å². The monoisotopic (exact) mass is 268 g/mol. The van der Waals surface area contributed by atoms with Crippen molar-refractivity contribution in [3.63, 3.8) is 0 Å². The minimum absolute atomic E-state index is 0.00320. The van der Waals surface area contributed by atoms with E-state index >= 15 is 0 Å². The van der Waals surface area contributed by atoms with E-state index in [1.807, 2.05) is 0 Å². The Bertz CT molecular complexity index is 461. The Kier molecular flexibility index (Phi) is 5.74. The Labute approximate surface area is 110 Å². The molecule has 0 saturated heterocycles. The van der Waals surface area contributed by atoms with E-state index in [4.69, 9.17) is 10.2 Å². The third-order valence-electron chi connectivity index (χ3n) is 2.59. The van der Waals surface area contributed by atoms with E-state index in [0.717, 1.165) is 12.8 Å². The fourth-order valence-corrected chi connectivity index (χ4v) is 1.61. The summed E-state index contributed by atoms with van der Waals surface area (Å²) in [6.45, 7) is 0.610. The lowest BCUT2D eigenvalue weighted by Gasteiger charge is -2.07. The Morgan fingerprint density at radius 1 is 1.32 bits per heavy atom. The maximum Gasteiger partial charge on any atom is 0.335 e. The first kappa shape index (κ1) is 14.9. The van der Waals surface area contributed by atoms with Crippen LogP contribution in [0.25, 0.3) is 0 Å². The minimum Gasteiger partial charge on any atom is -0.478 e. The molecule has 0 aromatic heterocycles. The molecule has 0 fully saturated rings. The van der Waals surface area contributed by atoms with Crippen molar-refractivity contribution in [2.45, 2.75) is 19.3 Å². The number of aromatic carboxylic acids is 1. The summed E-state index contributed by atoms with van der Waals surface area (Å²) in [6, 6.07) is 3.64. The van der Waals surface area contributed by atoms with Gasteiger partial charge in [-0.2, -0.15) is 0 Å². The molecule has 0 saturated carbocycles. The number of aliphatic hydroxyl groups is 1. The number of carbonyl (C=O) groups is 1. The summed E-state index contributed by atoms with van der Waals surface area (Å²) in [7, 11) is 0. The average Bonchev–Trinajstić information content (AvgIpc) is 2.38. The molecule has 0 bridgehead atoms. The van der Waals surface area contributed by atoms with Crippen LogP contribution >= 0.6 is 0 Å². The zero-order valence-corrected chi connectivity index (χ0v) is 10.3. The van der Waals surface area contributed by atoms with Crippen molar-refractivity contribution in [1.29, 1.82) is 0 Å². The Balaban J connectivity index is 2.74. The maximum atomic E-state index is 10.8. The van der Waals surface area contributed by atoms with Crippen molar-refractivity contribution in [2.24, 2.45) is 0 Å². The van der Waals surface area contributed by atoms with E-state index in [9.17, 15) is 14.9 Å². The second-order valence-corrected chi connectivity index (χ2v) is 4.01. The highest BCUT2D eigenvalue weighted by Gasteiger charge is 2.15. The molecule has 7 nitrogen and oxygen atoms in total. The van der Waals surface area contributed by atoms with Gasteiger partial charge in [0.2, 0.25) is 0 Å². The predicted octanol–water partition coefficient (Wildman–Crippen LogP) is 1.87. The molecular formula is C12H16N2O5. The van der Waals surface area contributed by atoms with Crippen molar-refractivity contribution in [1.82, 2.24) is 0 Å². The van der Waals surface area contributed by atoms with Gasteiger partial charge in [-0.1, -0.05) is 0 Å². The van der Waals surface area contributed by atoms with Gasteiger partial charge in [-0.15, -0.1) is 0 Å². The van der Waals surface area contributed by atoms with Crippen LogP contribution in [-0.4, -0.2) is 34.3 Å². The van der Waals surface area contributed by atoms with Gasteiger partial charge in [-0.25, -0.2) is 4.79 Å². The molecular weight excluding hydrogens is 252 g/mol. The number of hydrogen-bond donors (Lipinski definition) is 3. The summed E-state index contributed by atoms with van der Waals surface area (Å²) in [5.41, 5.74) is 0.0597. The van der Waals surface area contributed by atoms with Crippen molar-refractivity contribution in [3.05, 3.63) is 33.9 Å². The van der Waals surface area contributed by atoms with Gasteiger partial charge in [0, 0.05) is 19.2 Å². The lowest BCUT2D eigenvalue weighted by molar-refractivity contribution is -0.384. The quantitative estimate of drug-likeness (QED) is 0.377. The van der Waals surface area contributed by atoms with Gasteiger partial charge >= 0.3 is 5.97 Å². The van der Waals surface area contributed by atoms with Crippen molar-refractivity contribution in [2.75, 3.05) is 18.5 Å². The summed E-state index contributed by atoms with van der Waals surface area (Å²) >= 11 is 0. The summed E-state index contributed by atoms with van der Waals surface area (Å²) in [4.78, 5) is 21.1. The SMILES string of the molecule is O=C(O)c1ccc([N+](=O)[O-])c(NCCCCCO)c1. The highest BCUT2D eigenvalue weighted by Crippen LogP contribution is 2.25. The van der Waals surface area contributed by atoms with Crippen molar-refractivity contribution < 1.29 is 19.9 Å². The smallest absolute Gasteiger partial charge is 0.335 e. The van der Waals surface area contributed by atoms with E-state index in [1.54, 1.807) is 0 Å². The van der Waals surface area contributed by atoms with Gasteiger partial charge in [0.15, 0.2) is 0 Å². The van der Waals surface area contributed by atoms with Crippen LogP contribution in [0.15, 0.2) is 18.2 Å². The molecule has 0 unspecified atom stereocenters.